The maximum Gasteiger partial charge on any atom is 0.165 e. The summed E-state index contributed by atoms with van der Waals surface area (Å²) in [4.78, 5) is 30.8. The summed E-state index contributed by atoms with van der Waals surface area (Å²) in [6, 6.07) is 18.7. The topological polar surface area (TPSA) is 65.1 Å². The number of rotatable bonds is 11. The summed E-state index contributed by atoms with van der Waals surface area (Å²) in [7, 11) is 1.70. The lowest BCUT2D eigenvalue weighted by Gasteiger charge is -2.49. The number of nitrogens with zero attached hydrogens (tertiary/aromatic N) is 1. The lowest BCUT2D eigenvalue weighted by atomic mass is 9.63. The van der Waals surface area contributed by atoms with E-state index in [9.17, 15) is 9.59 Å². The fourth-order valence-corrected chi connectivity index (χ4v) is 7.99. The molecule has 2 aliphatic carbocycles. The van der Waals surface area contributed by atoms with E-state index in [1.165, 1.54) is 0 Å². The Bertz CT molecular complexity index is 1770. The van der Waals surface area contributed by atoms with E-state index < -0.39 is 5.92 Å². The predicted molar refractivity (Wildman–Crippen MR) is 191 cm³/mol. The molecular weight excluding hydrogens is 598 g/mol. The first-order valence-electron chi connectivity index (χ1n) is 17.3. The average Bonchev–Trinajstić information content (AvgIpc) is 3.02. The van der Waals surface area contributed by atoms with Gasteiger partial charge in [-0.25, -0.2) is 0 Å². The number of carbonyl (C=O) groups is 2. The first kappa shape index (κ1) is 33.7. The van der Waals surface area contributed by atoms with Crippen LogP contribution in [0.3, 0.4) is 0 Å². The van der Waals surface area contributed by atoms with Crippen molar-refractivity contribution in [3.05, 3.63) is 106 Å². The van der Waals surface area contributed by atoms with E-state index in [1.807, 2.05) is 31.2 Å². The van der Waals surface area contributed by atoms with E-state index in [-0.39, 0.29) is 22.4 Å². The highest BCUT2D eigenvalue weighted by Crippen LogP contribution is 2.55. The Kier molecular flexibility index (Phi) is 9.41. The molecule has 0 radical (unpaired) electrons. The first-order valence-corrected chi connectivity index (χ1v) is 17.3. The van der Waals surface area contributed by atoms with Crippen LogP contribution in [0.25, 0.3) is 10.8 Å². The number of hydrogen-bond donors (Lipinski definition) is 0. The number of Topliss-reactive ketones (excluding diaryl/α,β-unsaturated/α-hetero) is 2. The van der Waals surface area contributed by atoms with Gasteiger partial charge in [0.05, 0.1) is 13.2 Å². The standard InChI is InChI=1S/C42H49NO5/c1-8-13-28-20-30(21-36(47-9-2)40(28)48-26-29-16-12-15-27-14-10-11-17-31(27)29)37-38-32(22-41(3,4)24-34(38)44)43(18-19-46-7)33-23-42(5,6)25-35(45)39(33)37/h8,10-12,14-17,20-21,37H,1,9,13,18-19,22-26H2,2-7H3. The van der Waals surface area contributed by atoms with Crippen molar-refractivity contribution in [2.24, 2.45) is 10.8 Å². The molecule has 3 aromatic carbocycles. The Morgan fingerprint density at radius 1 is 0.854 bits per heavy atom. The van der Waals surface area contributed by atoms with Gasteiger partial charge in [-0.3, -0.25) is 9.59 Å². The molecule has 0 fully saturated rings. The highest BCUT2D eigenvalue weighted by Gasteiger charge is 2.49. The normalized spacial score (nSPS) is 19.0. The van der Waals surface area contributed by atoms with Crippen molar-refractivity contribution in [1.82, 2.24) is 4.90 Å². The molecule has 3 aromatic rings. The van der Waals surface area contributed by atoms with Crippen LogP contribution >= 0.6 is 0 Å². The third kappa shape index (κ3) is 6.47. The molecule has 48 heavy (non-hydrogen) atoms. The van der Waals surface area contributed by atoms with Crippen LogP contribution in [-0.4, -0.2) is 43.3 Å². The largest absolute Gasteiger partial charge is 0.490 e. The second kappa shape index (κ2) is 13.4. The molecular formula is C42H49NO5. The minimum absolute atomic E-state index is 0.109. The molecule has 0 bridgehead atoms. The molecule has 0 amide bonds. The number of hydrogen-bond acceptors (Lipinski definition) is 6. The molecule has 0 atom stereocenters. The molecule has 0 unspecified atom stereocenters. The summed E-state index contributed by atoms with van der Waals surface area (Å²) in [5.74, 6) is 1.03. The molecule has 0 N–H and O–H groups in total. The van der Waals surface area contributed by atoms with Crippen molar-refractivity contribution in [3.63, 3.8) is 0 Å². The van der Waals surface area contributed by atoms with E-state index in [0.717, 1.165) is 62.8 Å². The van der Waals surface area contributed by atoms with Gasteiger partial charge in [0.2, 0.25) is 0 Å². The van der Waals surface area contributed by atoms with Crippen LogP contribution in [0, 0.1) is 10.8 Å². The molecule has 6 rings (SSSR count). The Labute approximate surface area is 285 Å². The van der Waals surface area contributed by atoms with Gasteiger partial charge in [-0.15, -0.1) is 6.58 Å². The Balaban J connectivity index is 1.52. The van der Waals surface area contributed by atoms with Gasteiger partial charge in [0.1, 0.15) is 6.61 Å². The summed E-state index contributed by atoms with van der Waals surface area (Å²) in [5, 5.41) is 2.31. The monoisotopic (exact) mass is 647 g/mol. The van der Waals surface area contributed by atoms with Crippen molar-refractivity contribution in [2.45, 2.75) is 79.2 Å². The van der Waals surface area contributed by atoms with Crippen molar-refractivity contribution in [1.29, 1.82) is 0 Å². The van der Waals surface area contributed by atoms with E-state index in [0.29, 0.717) is 57.1 Å². The molecule has 6 nitrogen and oxygen atoms in total. The summed E-state index contributed by atoms with van der Waals surface area (Å²) in [5.41, 5.74) is 6.06. The van der Waals surface area contributed by atoms with Gasteiger partial charge in [-0.1, -0.05) is 82.3 Å². The van der Waals surface area contributed by atoms with Gasteiger partial charge < -0.3 is 19.1 Å². The smallest absolute Gasteiger partial charge is 0.165 e. The van der Waals surface area contributed by atoms with Crippen LogP contribution < -0.4 is 9.47 Å². The van der Waals surface area contributed by atoms with E-state index in [2.05, 4.69) is 75.6 Å². The number of carbonyl (C=O) groups excluding carboxylic acids is 2. The number of methoxy groups -OCH3 is 1. The molecule has 0 spiro atoms. The average molecular weight is 648 g/mol. The van der Waals surface area contributed by atoms with Gasteiger partial charge in [-0.05, 0) is 65.0 Å². The van der Waals surface area contributed by atoms with E-state index >= 15 is 0 Å². The van der Waals surface area contributed by atoms with Crippen molar-refractivity contribution in [3.8, 4) is 11.5 Å². The predicted octanol–water partition coefficient (Wildman–Crippen LogP) is 8.88. The molecule has 3 aliphatic rings. The zero-order valence-electron chi connectivity index (χ0n) is 29.4. The molecule has 252 valence electrons. The van der Waals surface area contributed by atoms with Gasteiger partial charge in [-0.2, -0.15) is 0 Å². The summed E-state index contributed by atoms with van der Waals surface area (Å²) in [6.07, 6.45) is 4.79. The molecule has 0 saturated carbocycles. The van der Waals surface area contributed by atoms with Crippen molar-refractivity contribution < 1.29 is 23.8 Å². The van der Waals surface area contributed by atoms with Crippen LogP contribution in [0.4, 0.5) is 0 Å². The van der Waals surface area contributed by atoms with Crippen LogP contribution in [0.5, 0.6) is 11.5 Å². The van der Waals surface area contributed by atoms with Crippen molar-refractivity contribution in [2.75, 3.05) is 26.9 Å². The summed E-state index contributed by atoms with van der Waals surface area (Å²) >= 11 is 0. The molecule has 1 aliphatic heterocycles. The second-order valence-corrected chi connectivity index (χ2v) is 15.0. The highest BCUT2D eigenvalue weighted by atomic mass is 16.5. The molecule has 6 heteroatoms. The summed E-state index contributed by atoms with van der Waals surface area (Å²) < 4.78 is 18.5. The maximum atomic E-state index is 14.3. The van der Waals surface area contributed by atoms with Gasteiger partial charge >= 0.3 is 0 Å². The minimum Gasteiger partial charge on any atom is -0.490 e. The fraction of sp³-hybridized carbons (Fsp3) is 0.429. The Morgan fingerprint density at radius 2 is 1.50 bits per heavy atom. The molecule has 0 saturated heterocycles. The van der Waals surface area contributed by atoms with Crippen LogP contribution in [-0.2, 0) is 27.4 Å². The lowest BCUT2D eigenvalue weighted by Crippen LogP contribution is -2.45. The SMILES string of the molecule is C=CCc1cc(C2C3=C(CC(C)(C)CC3=O)N(CCOC)C3=C2C(=O)CC(C)(C)C3)cc(OCC)c1OCc1cccc2ccccc12. The Morgan fingerprint density at radius 3 is 2.12 bits per heavy atom. The van der Waals surface area contributed by atoms with Crippen LogP contribution in [0.2, 0.25) is 0 Å². The first-order chi connectivity index (χ1) is 23.0. The number of allylic oxidation sites excluding steroid dienone is 5. The molecule has 0 aromatic heterocycles. The van der Waals surface area contributed by atoms with Crippen LogP contribution in [0.1, 0.15) is 82.9 Å². The van der Waals surface area contributed by atoms with Crippen LogP contribution in [0.15, 0.2) is 89.8 Å². The quantitative estimate of drug-likeness (QED) is 0.194. The summed E-state index contributed by atoms with van der Waals surface area (Å²) in [6.45, 7) is 16.6. The maximum absolute atomic E-state index is 14.3. The number of fused-ring (bicyclic) bond motifs is 1. The Hall–Kier alpha value is -4.16. The zero-order valence-corrected chi connectivity index (χ0v) is 29.4. The van der Waals surface area contributed by atoms with Gasteiger partial charge in [0.25, 0.3) is 0 Å². The number of ketones is 2. The second-order valence-electron chi connectivity index (χ2n) is 15.0. The minimum atomic E-state index is -0.476. The highest BCUT2D eigenvalue weighted by molar-refractivity contribution is 6.07. The zero-order chi connectivity index (χ0) is 34.2. The lowest BCUT2D eigenvalue weighted by molar-refractivity contribution is -0.119. The third-order valence-electron chi connectivity index (χ3n) is 9.94. The van der Waals surface area contributed by atoms with E-state index in [4.69, 9.17) is 14.2 Å². The molecule has 1 heterocycles. The fourth-order valence-electron chi connectivity index (χ4n) is 7.99. The van der Waals surface area contributed by atoms with Gasteiger partial charge in [0.15, 0.2) is 23.1 Å². The van der Waals surface area contributed by atoms with E-state index in [1.54, 1.807) is 7.11 Å². The number of ether oxygens (including phenoxy) is 3. The third-order valence-corrected chi connectivity index (χ3v) is 9.94. The number of benzene rings is 3. The van der Waals surface area contributed by atoms with Gasteiger partial charge in [0, 0.05) is 60.5 Å². The van der Waals surface area contributed by atoms with Crippen molar-refractivity contribution >= 4 is 22.3 Å².